The largest absolute Gasteiger partial charge is 0.508 e. The number of Topliss-reactive ketones (excluding diaryl/α,β-unsaturated/α-hetero) is 1. The number of hydrogen-bond acceptors (Lipinski definition) is 6. The summed E-state index contributed by atoms with van der Waals surface area (Å²) in [5.74, 6) is -5.44. The van der Waals surface area contributed by atoms with Gasteiger partial charge in [-0.15, -0.1) is 0 Å². The molecule has 0 aromatic heterocycles. The molecule has 1 amide bonds. The Morgan fingerprint density at radius 3 is 2.30 bits per heavy atom. The highest BCUT2D eigenvalue weighted by atomic mass is 19.2. The van der Waals surface area contributed by atoms with Crippen LogP contribution in [0.1, 0.15) is 17.2 Å². The summed E-state index contributed by atoms with van der Waals surface area (Å²) < 4.78 is 27.4. The molecule has 3 aromatic carbocycles. The summed E-state index contributed by atoms with van der Waals surface area (Å²) >= 11 is 0. The number of amides is 1. The predicted molar refractivity (Wildman–Crippen MR) is 112 cm³/mol. The number of aromatic hydroxyl groups is 1. The van der Waals surface area contributed by atoms with Crippen LogP contribution in [0, 0.1) is 21.7 Å². The first kappa shape index (κ1) is 21.6. The number of anilines is 1. The fraction of sp³-hybridized carbons (Fsp3) is 0.0435. The normalized spacial score (nSPS) is 17.4. The summed E-state index contributed by atoms with van der Waals surface area (Å²) in [5.41, 5.74) is -0.724. The van der Waals surface area contributed by atoms with Gasteiger partial charge in [-0.2, -0.15) is 0 Å². The van der Waals surface area contributed by atoms with Crippen LogP contribution in [0.2, 0.25) is 0 Å². The second-order valence-electron chi connectivity index (χ2n) is 7.17. The van der Waals surface area contributed by atoms with E-state index in [-0.39, 0.29) is 28.3 Å². The van der Waals surface area contributed by atoms with Gasteiger partial charge in [-0.1, -0.05) is 24.3 Å². The van der Waals surface area contributed by atoms with Crippen LogP contribution in [0.3, 0.4) is 0 Å². The number of aliphatic hydroxyl groups excluding tert-OH is 1. The number of phenolic OH excluding ortho intramolecular Hbond substituents is 1. The molecule has 1 unspecified atom stereocenters. The van der Waals surface area contributed by atoms with Crippen molar-refractivity contribution in [3.8, 4) is 5.75 Å². The van der Waals surface area contributed by atoms with Crippen LogP contribution in [0.4, 0.5) is 20.2 Å². The Morgan fingerprint density at radius 2 is 1.67 bits per heavy atom. The molecule has 1 fully saturated rings. The van der Waals surface area contributed by atoms with Crippen molar-refractivity contribution < 1.29 is 33.5 Å². The summed E-state index contributed by atoms with van der Waals surface area (Å²) in [6.45, 7) is 0. The molecule has 3 aromatic rings. The molecule has 33 heavy (non-hydrogen) atoms. The highest BCUT2D eigenvalue weighted by molar-refractivity contribution is 6.51. The molecule has 0 bridgehead atoms. The molecular weight excluding hydrogens is 438 g/mol. The summed E-state index contributed by atoms with van der Waals surface area (Å²) in [6, 6.07) is 11.5. The number of hydrogen-bond donors (Lipinski definition) is 2. The van der Waals surface area contributed by atoms with Crippen molar-refractivity contribution in [2.24, 2.45) is 0 Å². The Balaban J connectivity index is 1.96. The van der Waals surface area contributed by atoms with Crippen molar-refractivity contribution in [1.29, 1.82) is 0 Å². The standard InChI is InChI=1S/C23H14F2N2O6/c24-17-9-6-14(11-18(17)25)26-20(12-4-7-16(28)8-5-12)19(22(30)23(26)31)21(29)13-2-1-3-15(10-13)27(32)33/h1-11,20,28-29H/b21-19+. The van der Waals surface area contributed by atoms with Crippen molar-refractivity contribution >= 4 is 28.8 Å². The summed E-state index contributed by atoms with van der Waals surface area (Å²) in [4.78, 5) is 37.2. The molecule has 4 rings (SSSR count). The number of non-ortho nitro benzene ring substituents is 1. The van der Waals surface area contributed by atoms with E-state index < -0.39 is 45.6 Å². The van der Waals surface area contributed by atoms with Gasteiger partial charge in [0, 0.05) is 29.4 Å². The van der Waals surface area contributed by atoms with Crippen LogP contribution >= 0.6 is 0 Å². The third-order valence-corrected chi connectivity index (χ3v) is 5.17. The zero-order valence-corrected chi connectivity index (χ0v) is 16.6. The number of benzene rings is 3. The SMILES string of the molecule is O=C1C(=O)N(c2ccc(F)c(F)c2)C(c2ccc(O)cc2)/C1=C(\O)c1cccc([N+](=O)[O-])c1. The van der Waals surface area contributed by atoms with Gasteiger partial charge in [0.25, 0.3) is 17.4 Å². The molecule has 1 heterocycles. The van der Waals surface area contributed by atoms with E-state index in [0.29, 0.717) is 0 Å². The average molecular weight is 452 g/mol. The lowest BCUT2D eigenvalue weighted by atomic mass is 9.95. The predicted octanol–water partition coefficient (Wildman–Crippen LogP) is 4.20. The van der Waals surface area contributed by atoms with Crippen LogP contribution < -0.4 is 4.90 Å². The maximum Gasteiger partial charge on any atom is 0.300 e. The molecule has 1 aliphatic rings. The molecule has 0 spiro atoms. The molecule has 10 heteroatoms. The Morgan fingerprint density at radius 1 is 0.970 bits per heavy atom. The third-order valence-electron chi connectivity index (χ3n) is 5.17. The molecule has 1 aliphatic heterocycles. The highest BCUT2D eigenvalue weighted by Gasteiger charge is 2.47. The highest BCUT2D eigenvalue weighted by Crippen LogP contribution is 2.42. The lowest BCUT2D eigenvalue weighted by molar-refractivity contribution is -0.384. The number of ketones is 1. The van der Waals surface area contributed by atoms with E-state index in [1.54, 1.807) is 0 Å². The number of halogens is 2. The number of nitro groups is 1. The van der Waals surface area contributed by atoms with Gasteiger partial charge in [0.15, 0.2) is 11.6 Å². The minimum Gasteiger partial charge on any atom is -0.508 e. The van der Waals surface area contributed by atoms with Crippen molar-refractivity contribution in [2.75, 3.05) is 4.90 Å². The van der Waals surface area contributed by atoms with Gasteiger partial charge in [-0.3, -0.25) is 24.6 Å². The molecule has 1 saturated heterocycles. The maximum atomic E-state index is 13.9. The molecule has 0 radical (unpaired) electrons. The zero-order valence-electron chi connectivity index (χ0n) is 16.6. The Labute approximate surface area is 184 Å². The molecule has 8 nitrogen and oxygen atoms in total. The number of carbonyl (C=O) groups is 2. The van der Waals surface area contributed by atoms with E-state index in [0.717, 1.165) is 29.2 Å². The lowest BCUT2D eigenvalue weighted by Crippen LogP contribution is -2.29. The van der Waals surface area contributed by atoms with Crippen LogP contribution in [0.5, 0.6) is 5.75 Å². The van der Waals surface area contributed by atoms with Crippen molar-refractivity contribution in [2.45, 2.75) is 6.04 Å². The monoisotopic (exact) mass is 452 g/mol. The number of phenols is 1. The summed E-state index contributed by atoms with van der Waals surface area (Å²) in [5, 5.41) is 31.7. The Kier molecular flexibility index (Phi) is 5.34. The van der Waals surface area contributed by atoms with E-state index in [2.05, 4.69) is 0 Å². The zero-order chi connectivity index (χ0) is 23.9. The lowest BCUT2D eigenvalue weighted by Gasteiger charge is -2.25. The van der Waals surface area contributed by atoms with Gasteiger partial charge >= 0.3 is 0 Å². The van der Waals surface area contributed by atoms with Crippen molar-refractivity contribution in [1.82, 2.24) is 0 Å². The molecule has 166 valence electrons. The van der Waals surface area contributed by atoms with Crippen LogP contribution in [-0.4, -0.2) is 26.8 Å². The quantitative estimate of drug-likeness (QED) is 0.201. The van der Waals surface area contributed by atoms with Crippen molar-refractivity contribution in [3.05, 3.63) is 105 Å². The van der Waals surface area contributed by atoms with Crippen LogP contribution in [0.15, 0.2) is 72.3 Å². The van der Waals surface area contributed by atoms with E-state index in [1.165, 1.54) is 42.5 Å². The first-order chi connectivity index (χ1) is 15.7. The Bertz CT molecular complexity index is 1340. The fourth-order valence-corrected chi connectivity index (χ4v) is 3.63. The fourth-order valence-electron chi connectivity index (χ4n) is 3.63. The molecule has 0 aliphatic carbocycles. The van der Waals surface area contributed by atoms with Gasteiger partial charge in [0.2, 0.25) is 0 Å². The van der Waals surface area contributed by atoms with Crippen LogP contribution in [0.25, 0.3) is 5.76 Å². The second kappa shape index (κ2) is 8.15. The van der Waals surface area contributed by atoms with Gasteiger partial charge in [-0.25, -0.2) is 8.78 Å². The first-order valence-corrected chi connectivity index (χ1v) is 9.49. The molecule has 1 atom stereocenters. The van der Waals surface area contributed by atoms with E-state index in [1.807, 2.05) is 0 Å². The van der Waals surface area contributed by atoms with Gasteiger partial charge in [-0.05, 0) is 29.8 Å². The van der Waals surface area contributed by atoms with E-state index in [9.17, 15) is 38.7 Å². The van der Waals surface area contributed by atoms with Gasteiger partial charge in [0.1, 0.15) is 11.5 Å². The minimum atomic E-state index is -1.28. The minimum absolute atomic E-state index is 0.0868. The number of aliphatic hydroxyl groups is 1. The Hall–Kier alpha value is -4.60. The number of carbonyl (C=O) groups excluding carboxylic acids is 2. The number of nitrogens with zero attached hydrogens (tertiary/aromatic N) is 2. The van der Waals surface area contributed by atoms with Gasteiger partial charge in [0.05, 0.1) is 16.5 Å². The van der Waals surface area contributed by atoms with E-state index >= 15 is 0 Å². The molecular formula is C23H14F2N2O6. The van der Waals surface area contributed by atoms with Crippen LogP contribution in [-0.2, 0) is 9.59 Å². The number of rotatable bonds is 4. The van der Waals surface area contributed by atoms with Crippen molar-refractivity contribution in [3.63, 3.8) is 0 Å². The first-order valence-electron chi connectivity index (χ1n) is 9.49. The maximum absolute atomic E-state index is 13.9. The molecule has 2 N–H and O–H groups in total. The second-order valence-corrected chi connectivity index (χ2v) is 7.17. The topological polar surface area (TPSA) is 121 Å². The van der Waals surface area contributed by atoms with Gasteiger partial charge < -0.3 is 10.2 Å². The summed E-state index contributed by atoms with van der Waals surface area (Å²) in [6.07, 6.45) is 0. The average Bonchev–Trinajstić information content (AvgIpc) is 3.06. The smallest absolute Gasteiger partial charge is 0.300 e. The van der Waals surface area contributed by atoms with E-state index in [4.69, 9.17) is 0 Å². The molecule has 0 saturated carbocycles. The summed E-state index contributed by atoms with van der Waals surface area (Å²) in [7, 11) is 0. The number of nitro benzene ring substituents is 1. The third kappa shape index (κ3) is 3.78.